The maximum atomic E-state index is 12.2. The van der Waals surface area contributed by atoms with Crippen LogP contribution in [0.5, 0.6) is 0 Å². The molecule has 1 rings (SSSR count). The first-order valence-corrected chi connectivity index (χ1v) is 6.96. The molecule has 6 nitrogen and oxygen atoms in total. The fourth-order valence-corrected chi connectivity index (χ4v) is 3.10. The fourth-order valence-electron chi connectivity index (χ4n) is 1.39. The highest BCUT2D eigenvalue weighted by Crippen LogP contribution is 2.21. The van der Waals surface area contributed by atoms with Crippen molar-refractivity contribution in [3.63, 3.8) is 0 Å². The van der Waals surface area contributed by atoms with Gasteiger partial charge in [0.15, 0.2) is 5.82 Å². The summed E-state index contributed by atoms with van der Waals surface area (Å²) in [4.78, 5) is 0.0764. The van der Waals surface area contributed by atoms with E-state index in [9.17, 15) is 8.42 Å². The van der Waals surface area contributed by atoms with Crippen molar-refractivity contribution in [3.8, 4) is 0 Å². The summed E-state index contributed by atoms with van der Waals surface area (Å²) in [6, 6.07) is -0.154. The number of nitrogens with one attached hydrogen (secondary N) is 1. The molecule has 3 N–H and O–H groups in total. The number of hydrogen-bond donors (Lipinski definition) is 2. The van der Waals surface area contributed by atoms with Crippen molar-refractivity contribution in [1.82, 2.24) is 14.5 Å². The van der Waals surface area contributed by atoms with Crippen molar-refractivity contribution in [2.75, 3.05) is 5.73 Å². The second-order valence-electron chi connectivity index (χ2n) is 4.58. The van der Waals surface area contributed by atoms with Crippen molar-refractivity contribution in [1.29, 1.82) is 0 Å². The van der Waals surface area contributed by atoms with E-state index in [4.69, 9.17) is 5.73 Å². The van der Waals surface area contributed by atoms with Gasteiger partial charge in [0.25, 0.3) is 0 Å². The Labute approximate surface area is 102 Å². The lowest BCUT2D eigenvalue weighted by atomic mass is 10.1. The van der Waals surface area contributed by atoms with Crippen LogP contribution in [0.1, 0.15) is 26.5 Å². The van der Waals surface area contributed by atoms with Gasteiger partial charge in [0, 0.05) is 13.1 Å². The maximum Gasteiger partial charge on any atom is 0.246 e. The Hall–Kier alpha value is -1.08. The molecule has 0 aromatic carbocycles. The third-order valence-electron chi connectivity index (χ3n) is 2.91. The number of anilines is 1. The predicted octanol–water partition coefficient (Wildman–Crippen LogP) is 0.634. The molecular weight excluding hydrogens is 240 g/mol. The van der Waals surface area contributed by atoms with Gasteiger partial charge >= 0.3 is 0 Å². The Morgan fingerprint density at radius 2 is 1.88 bits per heavy atom. The molecule has 0 aliphatic carbocycles. The number of nitrogens with two attached hydrogens (primary N) is 1. The van der Waals surface area contributed by atoms with E-state index in [1.54, 1.807) is 14.0 Å². The lowest BCUT2D eigenvalue weighted by Crippen LogP contribution is -2.36. The van der Waals surface area contributed by atoms with Gasteiger partial charge in [-0.25, -0.2) is 13.1 Å². The molecule has 0 aliphatic rings. The zero-order valence-electron chi connectivity index (χ0n) is 10.9. The topological polar surface area (TPSA) is 90.0 Å². The molecule has 1 unspecified atom stereocenters. The molecule has 0 saturated carbocycles. The van der Waals surface area contributed by atoms with Crippen molar-refractivity contribution < 1.29 is 8.42 Å². The Balaban J connectivity index is 3.14. The Morgan fingerprint density at radius 3 is 2.24 bits per heavy atom. The van der Waals surface area contributed by atoms with Crippen LogP contribution in [0, 0.1) is 12.8 Å². The van der Waals surface area contributed by atoms with E-state index < -0.39 is 10.0 Å². The third kappa shape index (κ3) is 2.78. The van der Waals surface area contributed by atoms with Crippen LogP contribution in [0.4, 0.5) is 5.82 Å². The van der Waals surface area contributed by atoms with Crippen LogP contribution < -0.4 is 10.5 Å². The van der Waals surface area contributed by atoms with E-state index in [2.05, 4.69) is 9.82 Å². The van der Waals surface area contributed by atoms with Gasteiger partial charge in [0.1, 0.15) is 4.90 Å². The highest BCUT2D eigenvalue weighted by atomic mass is 32.2. The molecule has 0 saturated heterocycles. The molecule has 1 heterocycles. The summed E-state index contributed by atoms with van der Waals surface area (Å²) in [5.74, 6) is 0.247. The van der Waals surface area contributed by atoms with Crippen LogP contribution >= 0.6 is 0 Å². The molecular formula is C10H20N4O2S. The minimum atomic E-state index is -3.60. The number of sulfonamides is 1. The molecule has 0 amide bonds. The van der Waals surface area contributed by atoms with Gasteiger partial charge in [0.2, 0.25) is 10.0 Å². The van der Waals surface area contributed by atoms with Gasteiger partial charge in [0.05, 0.1) is 5.69 Å². The summed E-state index contributed by atoms with van der Waals surface area (Å²) < 4.78 is 28.4. The summed E-state index contributed by atoms with van der Waals surface area (Å²) in [7, 11) is -1.94. The van der Waals surface area contributed by atoms with E-state index in [-0.39, 0.29) is 22.7 Å². The lowest BCUT2D eigenvalue weighted by Gasteiger charge is -2.17. The number of nitrogen functional groups attached to an aromatic ring is 1. The van der Waals surface area contributed by atoms with Gasteiger partial charge in [-0.3, -0.25) is 4.68 Å². The first kappa shape index (κ1) is 14.0. The summed E-state index contributed by atoms with van der Waals surface area (Å²) in [5.41, 5.74) is 6.16. The van der Waals surface area contributed by atoms with Crippen LogP contribution in [0.25, 0.3) is 0 Å². The van der Waals surface area contributed by atoms with Crippen LogP contribution in [0.3, 0.4) is 0 Å². The first-order chi connectivity index (χ1) is 7.66. The number of aromatic nitrogens is 2. The van der Waals surface area contributed by atoms with E-state index in [1.165, 1.54) is 4.68 Å². The standard InChI is InChI=1S/C10H20N4O2S/c1-6(2)7(3)13-17(15,16)9-8(4)14(5)12-10(9)11/h6-7,13H,1-5H3,(H2,11,12). The van der Waals surface area contributed by atoms with Gasteiger partial charge in [-0.2, -0.15) is 5.10 Å². The molecule has 0 radical (unpaired) electrons. The van der Waals surface area contributed by atoms with Crippen molar-refractivity contribution >= 4 is 15.8 Å². The largest absolute Gasteiger partial charge is 0.381 e. The summed E-state index contributed by atoms with van der Waals surface area (Å²) >= 11 is 0. The minimum Gasteiger partial charge on any atom is -0.381 e. The molecule has 0 spiro atoms. The second-order valence-corrected chi connectivity index (χ2v) is 6.23. The molecule has 1 aromatic rings. The van der Waals surface area contributed by atoms with E-state index in [1.807, 2.05) is 20.8 Å². The van der Waals surface area contributed by atoms with Crippen LogP contribution in [0.2, 0.25) is 0 Å². The van der Waals surface area contributed by atoms with Crippen molar-refractivity contribution in [2.24, 2.45) is 13.0 Å². The summed E-state index contributed by atoms with van der Waals surface area (Å²) in [6.45, 7) is 7.40. The molecule has 1 atom stereocenters. The van der Waals surface area contributed by atoms with Gasteiger partial charge < -0.3 is 5.73 Å². The highest BCUT2D eigenvalue weighted by Gasteiger charge is 2.26. The van der Waals surface area contributed by atoms with Gasteiger partial charge in [-0.15, -0.1) is 0 Å². The number of aryl methyl sites for hydroxylation is 1. The molecule has 98 valence electrons. The van der Waals surface area contributed by atoms with E-state index >= 15 is 0 Å². The smallest absolute Gasteiger partial charge is 0.246 e. The van der Waals surface area contributed by atoms with Crippen LogP contribution in [-0.4, -0.2) is 24.2 Å². The number of hydrogen-bond acceptors (Lipinski definition) is 4. The Morgan fingerprint density at radius 1 is 1.35 bits per heavy atom. The van der Waals surface area contributed by atoms with Crippen LogP contribution in [-0.2, 0) is 17.1 Å². The van der Waals surface area contributed by atoms with Crippen molar-refractivity contribution in [3.05, 3.63) is 5.69 Å². The van der Waals surface area contributed by atoms with Gasteiger partial charge in [-0.1, -0.05) is 13.8 Å². The zero-order chi connectivity index (χ0) is 13.4. The number of nitrogens with zero attached hydrogens (tertiary/aromatic N) is 2. The average Bonchev–Trinajstić information content (AvgIpc) is 2.40. The Bertz CT molecular complexity index is 505. The second kappa shape index (κ2) is 4.66. The average molecular weight is 260 g/mol. The molecule has 0 aliphatic heterocycles. The van der Waals surface area contributed by atoms with E-state index in [0.717, 1.165) is 0 Å². The molecule has 0 fully saturated rings. The SMILES string of the molecule is Cc1c(S(=O)(=O)NC(C)C(C)C)c(N)nn1C. The molecule has 1 aromatic heterocycles. The van der Waals surface area contributed by atoms with E-state index in [0.29, 0.717) is 5.69 Å². The summed E-state index contributed by atoms with van der Waals surface area (Å²) in [6.07, 6.45) is 0. The molecule has 0 bridgehead atoms. The monoisotopic (exact) mass is 260 g/mol. The first-order valence-electron chi connectivity index (χ1n) is 5.48. The van der Waals surface area contributed by atoms with Gasteiger partial charge in [-0.05, 0) is 19.8 Å². The maximum absolute atomic E-state index is 12.2. The van der Waals surface area contributed by atoms with Crippen molar-refractivity contribution in [2.45, 2.75) is 38.6 Å². The molecule has 7 heteroatoms. The predicted molar refractivity (Wildman–Crippen MR) is 67.0 cm³/mol. The fraction of sp³-hybridized carbons (Fsp3) is 0.700. The minimum absolute atomic E-state index is 0.0356. The summed E-state index contributed by atoms with van der Waals surface area (Å²) in [5, 5.41) is 3.90. The number of rotatable bonds is 4. The molecule has 17 heavy (non-hydrogen) atoms. The zero-order valence-corrected chi connectivity index (χ0v) is 11.7. The highest BCUT2D eigenvalue weighted by molar-refractivity contribution is 7.89. The normalized spacial score (nSPS) is 14.2. The third-order valence-corrected chi connectivity index (χ3v) is 4.64. The Kier molecular flexibility index (Phi) is 3.83. The lowest BCUT2D eigenvalue weighted by molar-refractivity contribution is 0.476. The quantitative estimate of drug-likeness (QED) is 0.831. The van der Waals surface area contributed by atoms with Crippen LogP contribution in [0.15, 0.2) is 4.90 Å².